The first-order chi connectivity index (χ1) is 20.3. The van der Waals surface area contributed by atoms with Crippen molar-refractivity contribution in [2.24, 2.45) is 0 Å². The summed E-state index contributed by atoms with van der Waals surface area (Å²) >= 11 is 0. The molecule has 7 rings (SSSR count). The van der Waals surface area contributed by atoms with Crippen LogP contribution in [0.4, 0.5) is 11.6 Å². The number of nitrogens with one attached hydrogen (secondary N) is 2. The molecule has 42 heavy (non-hydrogen) atoms. The van der Waals surface area contributed by atoms with Gasteiger partial charge in [-0.2, -0.15) is 9.97 Å². The lowest BCUT2D eigenvalue weighted by Crippen LogP contribution is -2.35. The van der Waals surface area contributed by atoms with Crippen molar-refractivity contribution >= 4 is 39.7 Å². The van der Waals surface area contributed by atoms with E-state index in [4.69, 9.17) is 23.9 Å². The first-order valence-corrected chi connectivity index (χ1v) is 14.2. The van der Waals surface area contributed by atoms with E-state index < -0.39 is 5.60 Å². The Balaban J connectivity index is 1.27. The van der Waals surface area contributed by atoms with E-state index in [1.807, 2.05) is 38.2 Å². The van der Waals surface area contributed by atoms with Crippen LogP contribution in [0.3, 0.4) is 0 Å². The largest absolute Gasteiger partial charge is 0.495 e. The summed E-state index contributed by atoms with van der Waals surface area (Å²) in [6.07, 6.45) is 4.52. The van der Waals surface area contributed by atoms with Gasteiger partial charge in [-0.3, -0.25) is 4.79 Å². The fourth-order valence-corrected chi connectivity index (χ4v) is 5.55. The van der Waals surface area contributed by atoms with Gasteiger partial charge in [0.1, 0.15) is 23.0 Å². The molecule has 3 N–H and O–H groups in total. The van der Waals surface area contributed by atoms with E-state index in [1.54, 1.807) is 30.2 Å². The lowest BCUT2D eigenvalue weighted by molar-refractivity contribution is -0.0114. The van der Waals surface area contributed by atoms with Crippen LogP contribution in [0.2, 0.25) is 0 Å². The average molecular weight is 569 g/mol. The predicted molar refractivity (Wildman–Crippen MR) is 157 cm³/mol. The van der Waals surface area contributed by atoms with E-state index in [9.17, 15) is 9.90 Å². The molecule has 2 aliphatic rings. The number of carbonyl (C=O) groups is 1. The van der Waals surface area contributed by atoms with Crippen LogP contribution in [0.5, 0.6) is 11.6 Å². The highest BCUT2D eigenvalue weighted by Crippen LogP contribution is 2.39. The second-order valence-electron chi connectivity index (χ2n) is 11.3. The van der Waals surface area contributed by atoms with Crippen molar-refractivity contribution in [3.05, 3.63) is 54.0 Å². The minimum atomic E-state index is -0.682. The molecule has 0 bridgehead atoms. The number of methoxy groups -OCH3 is 1. The van der Waals surface area contributed by atoms with Crippen LogP contribution in [0.15, 0.2) is 47.0 Å². The summed E-state index contributed by atoms with van der Waals surface area (Å²) in [6.45, 7) is 5.25. The summed E-state index contributed by atoms with van der Waals surface area (Å²) in [4.78, 5) is 31.6. The highest BCUT2D eigenvalue weighted by atomic mass is 16.5. The molecule has 1 saturated heterocycles. The molecule has 11 heteroatoms. The molecular formula is C31H32N6O5. The van der Waals surface area contributed by atoms with Gasteiger partial charge >= 0.3 is 0 Å². The number of hydrogen-bond acceptors (Lipinski definition) is 9. The average Bonchev–Trinajstić information content (AvgIpc) is 3.63. The molecule has 0 unspecified atom stereocenters. The number of anilines is 2. The fourth-order valence-electron chi connectivity index (χ4n) is 5.55. The summed E-state index contributed by atoms with van der Waals surface area (Å²) in [5, 5.41) is 14.5. The molecule has 11 nitrogen and oxygen atoms in total. The lowest BCUT2D eigenvalue weighted by Gasteiger charge is -2.33. The molecule has 2 aromatic carbocycles. The minimum Gasteiger partial charge on any atom is -0.495 e. The molecule has 1 amide bonds. The molecule has 1 aliphatic carbocycles. The molecule has 0 atom stereocenters. The summed E-state index contributed by atoms with van der Waals surface area (Å²) < 4.78 is 17.9. The summed E-state index contributed by atoms with van der Waals surface area (Å²) in [6, 6.07) is 11.2. The van der Waals surface area contributed by atoms with Gasteiger partial charge in [0.25, 0.3) is 5.91 Å². The molecule has 0 spiro atoms. The zero-order chi connectivity index (χ0) is 29.0. The quantitative estimate of drug-likeness (QED) is 0.222. The highest BCUT2D eigenvalue weighted by molar-refractivity contribution is 5.99. The molecule has 0 radical (unpaired) electrons. The zero-order valence-electron chi connectivity index (χ0n) is 23.7. The number of fused-ring (bicyclic) bond motifs is 2. The van der Waals surface area contributed by atoms with Crippen LogP contribution >= 0.6 is 0 Å². The summed E-state index contributed by atoms with van der Waals surface area (Å²) in [5.41, 5.74) is 4.39. The number of hydrogen-bond donors (Lipinski definition) is 3. The summed E-state index contributed by atoms with van der Waals surface area (Å²) in [7, 11) is 1.56. The third-order valence-corrected chi connectivity index (χ3v) is 8.02. The SMILES string of the molecule is COc1cc(C(=O)N2CC2)ccc1Nc1nc(O[C@H]2CC[C@@](C)(O)CC2)c2c(-c3ccc4nc(C)oc4c3)c[nH]c2n1. The van der Waals surface area contributed by atoms with Crippen molar-refractivity contribution < 1.29 is 23.8 Å². The van der Waals surface area contributed by atoms with Crippen molar-refractivity contribution in [1.29, 1.82) is 0 Å². The monoisotopic (exact) mass is 568 g/mol. The molecule has 4 heterocycles. The van der Waals surface area contributed by atoms with Crippen LogP contribution in [0, 0.1) is 6.92 Å². The number of amides is 1. The van der Waals surface area contributed by atoms with Crippen molar-refractivity contribution in [1.82, 2.24) is 24.8 Å². The third-order valence-electron chi connectivity index (χ3n) is 8.02. The first kappa shape index (κ1) is 26.3. The third kappa shape index (κ3) is 5.00. The van der Waals surface area contributed by atoms with E-state index >= 15 is 0 Å². The Morgan fingerprint density at radius 3 is 2.71 bits per heavy atom. The van der Waals surface area contributed by atoms with Crippen LogP contribution in [-0.4, -0.2) is 67.8 Å². The number of aromatic nitrogens is 4. The van der Waals surface area contributed by atoms with Gasteiger partial charge in [0, 0.05) is 37.3 Å². The topological polar surface area (TPSA) is 138 Å². The highest BCUT2D eigenvalue weighted by Gasteiger charge is 2.31. The Labute approximate surface area is 241 Å². The van der Waals surface area contributed by atoms with Crippen LogP contribution in [0.25, 0.3) is 33.3 Å². The van der Waals surface area contributed by atoms with Crippen molar-refractivity contribution in [3.63, 3.8) is 0 Å². The van der Waals surface area contributed by atoms with Crippen LogP contribution < -0.4 is 14.8 Å². The van der Waals surface area contributed by atoms with Gasteiger partial charge in [-0.1, -0.05) is 6.07 Å². The molecule has 5 aromatic rings. The maximum atomic E-state index is 12.5. The van der Waals surface area contributed by atoms with E-state index in [0.29, 0.717) is 71.6 Å². The van der Waals surface area contributed by atoms with Gasteiger partial charge in [0.05, 0.1) is 23.8 Å². The number of aliphatic hydroxyl groups is 1. The molecule has 3 aromatic heterocycles. The number of oxazole rings is 1. The Bertz CT molecular complexity index is 1810. The number of benzene rings is 2. The second-order valence-corrected chi connectivity index (χ2v) is 11.3. The molecule has 216 valence electrons. The van der Waals surface area contributed by atoms with Gasteiger partial charge in [-0.25, -0.2) is 4.98 Å². The first-order valence-electron chi connectivity index (χ1n) is 14.2. The number of carbonyl (C=O) groups excluding carboxylic acids is 1. The van der Waals surface area contributed by atoms with Crippen LogP contribution in [-0.2, 0) is 0 Å². The molecular weight excluding hydrogens is 536 g/mol. The lowest BCUT2D eigenvalue weighted by atomic mass is 9.85. The predicted octanol–water partition coefficient (Wildman–Crippen LogP) is 5.35. The second kappa shape index (κ2) is 10.0. The maximum Gasteiger partial charge on any atom is 0.254 e. The zero-order valence-corrected chi connectivity index (χ0v) is 23.7. The van der Waals surface area contributed by atoms with Crippen molar-refractivity contribution in [2.45, 2.75) is 51.2 Å². The smallest absolute Gasteiger partial charge is 0.254 e. The fraction of sp³-hybridized carbons (Fsp3) is 0.355. The molecule has 1 saturated carbocycles. The Hall–Kier alpha value is -4.64. The van der Waals surface area contributed by atoms with E-state index in [1.165, 1.54) is 0 Å². The number of H-pyrrole nitrogens is 1. The van der Waals surface area contributed by atoms with Crippen molar-refractivity contribution in [2.75, 3.05) is 25.5 Å². The van der Waals surface area contributed by atoms with E-state index in [2.05, 4.69) is 15.3 Å². The summed E-state index contributed by atoms with van der Waals surface area (Å²) in [5.74, 6) is 1.85. The van der Waals surface area contributed by atoms with Gasteiger partial charge in [-0.05, 0) is 68.5 Å². The number of aromatic amines is 1. The Morgan fingerprint density at radius 1 is 1.14 bits per heavy atom. The van der Waals surface area contributed by atoms with Crippen LogP contribution in [0.1, 0.15) is 48.9 Å². The minimum absolute atomic E-state index is 0.0164. The number of rotatable bonds is 7. The Kier molecular flexibility index (Phi) is 6.27. The van der Waals surface area contributed by atoms with Gasteiger partial charge in [0.2, 0.25) is 11.8 Å². The number of ether oxygens (including phenoxy) is 2. The normalized spacial score (nSPS) is 20.2. The van der Waals surface area contributed by atoms with E-state index in [-0.39, 0.29) is 12.0 Å². The van der Waals surface area contributed by atoms with Gasteiger partial charge in [-0.15, -0.1) is 0 Å². The van der Waals surface area contributed by atoms with Gasteiger partial charge in [0.15, 0.2) is 11.5 Å². The number of nitrogens with zero attached hydrogens (tertiary/aromatic N) is 4. The van der Waals surface area contributed by atoms with Gasteiger partial charge < -0.3 is 34.2 Å². The maximum absolute atomic E-state index is 12.5. The number of aryl methyl sites for hydroxylation is 1. The Morgan fingerprint density at radius 2 is 1.95 bits per heavy atom. The van der Waals surface area contributed by atoms with E-state index in [0.717, 1.165) is 35.1 Å². The van der Waals surface area contributed by atoms with Crippen molar-refractivity contribution in [3.8, 4) is 22.8 Å². The molecule has 1 aliphatic heterocycles. The molecule has 2 fully saturated rings. The standard InChI is InChI=1S/C31H32N6O5/c1-17-33-23-6-4-18(14-25(23)41-17)21-16-32-27-26(21)28(42-20-8-10-31(2,39)11-9-20)36-30(35-27)34-22-7-5-19(15-24(22)40-3)29(38)37-12-13-37/h4-7,14-16,20,39H,8-13H2,1-3H3,(H2,32,34,35,36)/t20-,31+.